The van der Waals surface area contributed by atoms with Crippen molar-refractivity contribution in [1.82, 2.24) is 4.90 Å². The van der Waals surface area contributed by atoms with Gasteiger partial charge in [-0.15, -0.1) is 12.4 Å². The van der Waals surface area contributed by atoms with Gasteiger partial charge in [0.15, 0.2) is 17.3 Å². The maximum atomic E-state index is 12.4. The second-order valence-corrected chi connectivity index (χ2v) is 7.34. The fraction of sp³-hybridized carbons (Fsp3) is 0.600. The van der Waals surface area contributed by atoms with E-state index in [-0.39, 0.29) is 30.1 Å². The Balaban J connectivity index is 0.00000261. The molecule has 1 aromatic rings. The molecule has 2 N–H and O–H groups in total. The van der Waals surface area contributed by atoms with Crippen LogP contribution in [0.25, 0.3) is 0 Å². The fourth-order valence-corrected chi connectivity index (χ4v) is 4.08. The molecule has 6 nitrogen and oxygen atoms in total. The van der Waals surface area contributed by atoms with Gasteiger partial charge in [-0.3, -0.25) is 9.59 Å². The highest BCUT2D eigenvalue weighted by atomic mass is 35.5. The summed E-state index contributed by atoms with van der Waals surface area (Å²) in [5.74, 6) is 2.37. The van der Waals surface area contributed by atoms with Gasteiger partial charge in [0, 0.05) is 31.1 Å². The first-order valence-electron chi connectivity index (χ1n) is 9.34. The second kappa shape index (κ2) is 9.42. The smallest absolute Gasteiger partial charge is 0.222 e. The Labute approximate surface area is 166 Å². The normalized spacial score (nSPS) is 23.5. The number of Topliss-reactive ketones (excluding diaryl/α,β-unsaturated/α-hetero) is 1. The van der Waals surface area contributed by atoms with E-state index >= 15 is 0 Å². The maximum Gasteiger partial charge on any atom is 0.222 e. The lowest BCUT2D eigenvalue weighted by molar-refractivity contribution is -0.130. The van der Waals surface area contributed by atoms with Crippen molar-refractivity contribution in [2.24, 2.45) is 17.6 Å². The Bertz CT molecular complexity index is 682. The molecule has 1 heterocycles. The third-order valence-electron chi connectivity index (χ3n) is 5.63. The Hall–Kier alpha value is -1.79. The van der Waals surface area contributed by atoms with Crippen LogP contribution in [0.5, 0.6) is 11.5 Å². The summed E-state index contributed by atoms with van der Waals surface area (Å²) >= 11 is 0. The highest BCUT2D eigenvalue weighted by Gasteiger charge is 2.42. The van der Waals surface area contributed by atoms with Gasteiger partial charge in [-0.05, 0) is 56.2 Å². The lowest BCUT2D eigenvalue weighted by Gasteiger charge is -2.19. The molecule has 3 rings (SSSR count). The minimum Gasteiger partial charge on any atom is -0.493 e. The van der Waals surface area contributed by atoms with Gasteiger partial charge in [-0.25, -0.2) is 0 Å². The van der Waals surface area contributed by atoms with Crippen LogP contribution in [0, 0.1) is 11.8 Å². The molecule has 150 valence electrons. The zero-order valence-electron chi connectivity index (χ0n) is 16.0. The van der Waals surface area contributed by atoms with Gasteiger partial charge in [0.05, 0.1) is 13.7 Å². The summed E-state index contributed by atoms with van der Waals surface area (Å²) in [4.78, 5) is 25.8. The van der Waals surface area contributed by atoms with E-state index in [4.69, 9.17) is 15.2 Å². The Morgan fingerprint density at radius 2 is 2.00 bits per heavy atom. The molecule has 0 spiro atoms. The number of amides is 1. The average molecular weight is 397 g/mol. The molecule has 7 heteroatoms. The van der Waals surface area contributed by atoms with Crippen LogP contribution in [0.4, 0.5) is 0 Å². The number of rotatable bonds is 7. The first-order chi connectivity index (χ1) is 12.5. The average Bonchev–Trinajstić information content (AvgIpc) is 3.20. The number of likely N-dealkylation sites (tertiary alicyclic amines) is 1. The van der Waals surface area contributed by atoms with Crippen LogP contribution in [0.15, 0.2) is 18.2 Å². The number of halogens is 1. The summed E-state index contributed by atoms with van der Waals surface area (Å²) in [5, 5.41) is 0. The lowest BCUT2D eigenvalue weighted by Crippen LogP contribution is -2.33. The largest absolute Gasteiger partial charge is 0.493 e. The van der Waals surface area contributed by atoms with Crippen molar-refractivity contribution in [3.63, 3.8) is 0 Å². The van der Waals surface area contributed by atoms with Gasteiger partial charge in [0.25, 0.3) is 0 Å². The summed E-state index contributed by atoms with van der Waals surface area (Å²) in [7, 11) is 1.55. The van der Waals surface area contributed by atoms with E-state index in [2.05, 4.69) is 0 Å². The van der Waals surface area contributed by atoms with Crippen LogP contribution in [0.3, 0.4) is 0 Å². The third-order valence-corrected chi connectivity index (χ3v) is 5.63. The van der Waals surface area contributed by atoms with E-state index in [9.17, 15) is 9.59 Å². The second-order valence-electron chi connectivity index (χ2n) is 7.34. The quantitative estimate of drug-likeness (QED) is 0.566. The molecule has 3 atom stereocenters. The summed E-state index contributed by atoms with van der Waals surface area (Å²) in [5.41, 5.74) is 6.72. The molecule has 0 aromatic heterocycles. The molecule has 1 aliphatic carbocycles. The molecule has 1 saturated carbocycles. The molecule has 0 bridgehead atoms. The predicted molar refractivity (Wildman–Crippen MR) is 106 cm³/mol. The minimum absolute atomic E-state index is 0. The van der Waals surface area contributed by atoms with E-state index in [0.29, 0.717) is 48.3 Å². The zero-order valence-corrected chi connectivity index (χ0v) is 16.8. The van der Waals surface area contributed by atoms with Crippen LogP contribution in [-0.4, -0.2) is 49.4 Å². The van der Waals surface area contributed by atoms with Crippen molar-refractivity contribution in [1.29, 1.82) is 0 Å². The Kier molecular flexibility index (Phi) is 7.50. The van der Waals surface area contributed by atoms with Crippen molar-refractivity contribution in [3.8, 4) is 11.5 Å². The Morgan fingerprint density at radius 3 is 2.67 bits per heavy atom. The Morgan fingerprint density at radius 1 is 1.22 bits per heavy atom. The molecule has 0 radical (unpaired) electrons. The van der Waals surface area contributed by atoms with E-state index in [0.717, 1.165) is 25.9 Å². The van der Waals surface area contributed by atoms with Crippen LogP contribution < -0.4 is 15.2 Å². The first kappa shape index (κ1) is 21.5. The number of nitrogens with zero attached hydrogens (tertiary/aromatic N) is 1. The number of fused-ring (bicyclic) bond motifs is 1. The van der Waals surface area contributed by atoms with Gasteiger partial charge >= 0.3 is 0 Å². The van der Waals surface area contributed by atoms with E-state index in [1.165, 1.54) is 6.92 Å². The summed E-state index contributed by atoms with van der Waals surface area (Å²) in [6, 6.07) is 5.39. The molecule has 1 amide bonds. The number of nitrogens with two attached hydrogens (primary N) is 1. The van der Waals surface area contributed by atoms with E-state index in [1.807, 2.05) is 4.90 Å². The highest BCUT2D eigenvalue weighted by molar-refractivity contribution is 5.94. The van der Waals surface area contributed by atoms with Crippen LogP contribution in [0.2, 0.25) is 0 Å². The monoisotopic (exact) mass is 396 g/mol. The fourth-order valence-electron chi connectivity index (χ4n) is 4.08. The number of carbonyl (C=O) groups is 2. The van der Waals surface area contributed by atoms with E-state index in [1.54, 1.807) is 25.3 Å². The zero-order chi connectivity index (χ0) is 18.7. The number of ether oxygens (including phenoxy) is 2. The number of hydrogen-bond donors (Lipinski definition) is 1. The van der Waals surface area contributed by atoms with Crippen molar-refractivity contribution in [2.45, 2.75) is 38.6 Å². The first-order valence-corrected chi connectivity index (χ1v) is 9.34. The molecular weight excluding hydrogens is 368 g/mol. The van der Waals surface area contributed by atoms with Gasteiger partial charge in [-0.1, -0.05) is 0 Å². The van der Waals surface area contributed by atoms with Gasteiger partial charge in [0.1, 0.15) is 0 Å². The molecule has 3 unspecified atom stereocenters. The standard InChI is InChI=1S/C20H28N2O4.ClH/c1-13(23)14-6-8-18(19(10-14)25-2)26-9-3-4-20(24)22-11-15-5-7-17(21)16(15)12-22;/h6,8,10,15-17H,3-5,7,9,11-12,21H2,1-2H3;1H. The van der Waals surface area contributed by atoms with Crippen LogP contribution in [0.1, 0.15) is 43.0 Å². The molecular formula is C20H29ClN2O4. The lowest BCUT2D eigenvalue weighted by atomic mass is 9.98. The van der Waals surface area contributed by atoms with E-state index < -0.39 is 0 Å². The maximum absolute atomic E-state index is 12.4. The number of hydrogen-bond acceptors (Lipinski definition) is 5. The van der Waals surface area contributed by atoms with Crippen molar-refractivity contribution >= 4 is 24.1 Å². The van der Waals surface area contributed by atoms with Crippen LogP contribution >= 0.6 is 12.4 Å². The number of methoxy groups -OCH3 is 1. The number of ketones is 1. The summed E-state index contributed by atoms with van der Waals surface area (Å²) in [6.07, 6.45) is 3.36. The van der Waals surface area contributed by atoms with Crippen molar-refractivity contribution in [2.75, 3.05) is 26.8 Å². The SMILES string of the molecule is COc1cc(C(C)=O)ccc1OCCCC(=O)N1CC2CCC(N)C2C1.Cl. The van der Waals surface area contributed by atoms with Gasteiger partial charge in [-0.2, -0.15) is 0 Å². The van der Waals surface area contributed by atoms with Crippen LogP contribution in [-0.2, 0) is 4.79 Å². The third kappa shape index (κ3) is 4.93. The minimum atomic E-state index is -0.0180. The molecule has 1 saturated heterocycles. The molecule has 1 aromatic carbocycles. The number of carbonyl (C=O) groups excluding carboxylic acids is 2. The molecule has 27 heavy (non-hydrogen) atoms. The summed E-state index contributed by atoms with van der Waals surface area (Å²) < 4.78 is 11.0. The topological polar surface area (TPSA) is 81.9 Å². The van der Waals surface area contributed by atoms with Gasteiger partial charge in [0.2, 0.25) is 5.91 Å². The summed E-state index contributed by atoms with van der Waals surface area (Å²) in [6.45, 7) is 3.62. The molecule has 1 aliphatic heterocycles. The van der Waals surface area contributed by atoms with Crippen molar-refractivity contribution in [3.05, 3.63) is 23.8 Å². The van der Waals surface area contributed by atoms with Crippen molar-refractivity contribution < 1.29 is 19.1 Å². The molecule has 2 fully saturated rings. The van der Waals surface area contributed by atoms with Gasteiger partial charge < -0.3 is 20.1 Å². The highest BCUT2D eigenvalue weighted by Crippen LogP contribution is 2.37. The number of benzene rings is 1. The predicted octanol–water partition coefficient (Wildman–Crippen LogP) is 2.67. The molecule has 2 aliphatic rings.